The zero-order chi connectivity index (χ0) is 19.8. The van der Waals surface area contributed by atoms with Crippen LogP contribution in [0.5, 0.6) is 0 Å². The Morgan fingerprint density at radius 1 is 1.30 bits per heavy atom. The first kappa shape index (κ1) is 20.8. The second-order valence-corrected chi connectivity index (χ2v) is 9.35. The van der Waals surface area contributed by atoms with Crippen LogP contribution in [-0.2, 0) is 14.3 Å². The first-order valence-electron chi connectivity index (χ1n) is 10.5. The molecule has 0 aromatic heterocycles. The van der Waals surface area contributed by atoms with Gasteiger partial charge < -0.3 is 19.7 Å². The van der Waals surface area contributed by atoms with Crippen molar-refractivity contribution in [1.29, 1.82) is 0 Å². The maximum atomic E-state index is 12.5. The summed E-state index contributed by atoms with van der Waals surface area (Å²) in [5.41, 5.74) is 0.0586. The van der Waals surface area contributed by atoms with Crippen molar-refractivity contribution in [3.63, 3.8) is 0 Å². The highest BCUT2D eigenvalue weighted by molar-refractivity contribution is 5.80. The second kappa shape index (κ2) is 7.84. The maximum Gasteiger partial charge on any atom is 0.312 e. The fraction of sp³-hybridized carbons (Fsp3) is 0.864. The molecule has 0 amide bonds. The van der Waals surface area contributed by atoms with E-state index in [9.17, 15) is 15.0 Å². The Balaban J connectivity index is 1.92. The van der Waals surface area contributed by atoms with Gasteiger partial charge in [-0.25, -0.2) is 0 Å². The molecule has 0 unspecified atom stereocenters. The van der Waals surface area contributed by atoms with Crippen molar-refractivity contribution in [2.24, 2.45) is 17.3 Å². The molecule has 2 bridgehead atoms. The number of aliphatic hydroxyl groups excluding tert-OH is 2. The molecule has 0 spiro atoms. The molecule has 3 rings (SSSR count). The fourth-order valence-corrected chi connectivity index (χ4v) is 5.14. The Morgan fingerprint density at radius 3 is 2.63 bits per heavy atom. The van der Waals surface area contributed by atoms with Gasteiger partial charge in [-0.3, -0.25) is 4.79 Å². The summed E-state index contributed by atoms with van der Waals surface area (Å²) in [6.07, 6.45) is 7.04. The molecule has 5 heteroatoms. The van der Waals surface area contributed by atoms with E-state index in [1.165, 1.54) is 12.7 Å². The van der Waals surface area contributed by atoms with E-state index < -0.39 is 29.3 Å². The average Bonchev–Trinajstić information content (AvgIpc) is 3.43. The first-order valence-corrected chi connectivity index (χ1v) is 10.5. The smallest absolute Gasteiger partial charge is 0.312 e. The van der Waals surface area contributed by atoms with E-state index >= 15 is 0 Å². The summed E-state index contributed by atoms with van der Waals surface area (Å²) in [5, 5.41) is 22.1. The lowest BCUT2D eigenvalue weighted by Gasteiger charge is -2.50. The summed E-state index contributed by atoms with van der Waals surface area (Å²) < 4.78 is 11.5. The number of carbonyl (C=O) groups excluding carboxylic acids is 1. The molecule has 154 valence electrons. The summed E-state index contributed by atoms with van der Waals surface area (Å²) in [5.74, 6) is -0.347. The Labute approximate surface area is 163 Å². The number of methoxy groups -OCH3 is 1. The molecule has 1 aliphatic carbocycles. The van der Waals surface area contributed by atoms with Crippen LogP contribution in [0.15, 0.2) is 11.6 Å². The quantitative estimate of drug-likeness (QED) is 0.567. The highest BCUT2D eigenvalue weighted by atomic mass is 16.5. The van der Waals surface area contributed by atoms with Gasteiger partial charge in [-0.15, -0.1) is 0 Å². The number of hydrogen-bond donors (Lipinski definition) is 2. The average molecular weight is 381 g/mol. The number of carbonyl (C=O) groups is 1. The number of fused-ring (bicyclic) bond motifs is 2. The van der Waals surface area contributed by atoms with Gasteiger partial charge in [0.15, 0.2) is 0 Å². The van der Waals surface area contributed by atoms with Gasteiger partial charge in [0.1, 0.15) is 0 Å². The van der Waals surface area contributed by atoms with Crippen LogP contribution < -0.4 is 0 Å². The van der Waals surface area contributed by atoms with Crippen molar-refractivity contribution in [2.45, 2.75) is 96.1 Å². The van der Waals surface area contributed by atoms with E-state index in [-0.39, 0.29) is 17.8 Å². The third kappa shape index (κ3) is 3.96. The third-order valence-electron chi connectivity index (χ3n) is 7.36. The minimum atomic E-state index is -0.704. The summed E-state index contributed by atoms with van der Waals surface area (Å²) in [6, 6.07) is 0. The van der Waals surface area contributed by atoms with Crippen molar-refractivity contribution < 1.29 is 24.5 Å². The highest BCUT2D eigenvalue weighted by Crippen LogP contribution is 2.59. The molecule has 6 atom stereocenters. The zero-order valence-corrected chi connectivity index (χ0v) is 17.2. The first-order chi connectivity index (χ1) is 12.7. The molecule has 5 nitrogen and oxygen atoms in total. The van der Waals surface area contributed by atoms with Crippen molar-refractivity contribution in [3.8, 4) is 0 Å². The second-order valence-electron chi connectivity index (χ2n) is 9.35. The maximum absolute atomic E-state index is 12.5. The lowest BCUT2D eigenvalue weighted by molar-refractivity contribution is -0.245. The molecule has 0 radical (unpaired) electrons. The van der Waals surface area contributed by atoms with E-state index in [1.807, 2.05) is 6.92 Å². The number of rotatable bonds is 2. The van der Waals surface area contributed by atoms with Crippen LogP contribution >= 0.6 is 0 Å². The zero-order valence-electron chi connectivity index (χ0n) is 17.2. The van der Waals surface area contributed by atoms with E-state index in [1.54, 1.807) is 0 Å². The predicted octanol–water partition coefficient (Wildman–Crippen LogP) is 3.37. The Kier molecular flexibility index (Phi) is 6.05. The standard InChI is InChI=1S/C22H36O5/c1-14-7-5-9-15(2)18(24)19-16(22(11-12-22)20(25)26-4)13-17(23)21(3,27-19)10-6-8-14/h8,15-19,23-24H,5-7,9-13H2,1-4H3/t15-,16+,17+,18-,19+,21-/m0/s1. The van der Waals surface area contributed by atoms with Crippen LogP contribution in [0, 0.1) is 17.3 Å². The molecule has 0 aromatic carbocycles. The summed E-state index contributed by atoms with van der Waals surface area (Å²) >= 11 is 0. The fourth-order valence-electron chi connectivity index (χ4n) is 5.14. The molecular weight excluding hydrogens is 344 g/mol. The van der Waals surface area contributed by atoms with Crippen LogP contribution in [0.2, 0.25) is 0 Å². The van der Waals surface area contributed by atoms with Crippen molar-refractivity contribution in [3.05, 3.63) is 11.6 Å². The van der Waals surface area contributed by atoms with Crippen molar-refractivity contribution in [2.75, 3.05) is 7.11 Å². The molecule has 1 saturated carbocycles. The van der Waals surface area contributed by atoms with E-state index in [2.05, 4.69) is 19.9 Å². The minimum Gasteiger partial charge on any atom is -0.469 e. The van der Waals surface area contributed by atoms with Gasteiger partial charge in [0.25, 0.3) is 0 Å². The number of aliphatic hydroxyl groups is 2. The van der Waals surface area contributed by atoms with Gasteiger partial charge in [0.05, 0.1) is 36.4 Å². The molecule has 0 aromatic rings. The van der Waals surface area contributed by atoms with Gasteiger partial charge in [0, 0.05) is 5.92 Å². The number of esters is 1. The molecule has 27 heavy (non-hydrogen) atoms. The van der Waals surface area contributed by atoms with Gasteiger partial charge in [-0.2, -0.15) is 0 Å². The molecule has 3 aliphatic rings. The largest absolute Gasteiger partial charge is 0.469 e. The van der Waals surface area contributed by atoms with Gasteiger partial charge in [-0.1, -0.05) is 18.6 Å². The highest BCUT2D eigenvalue weighted by Gasteiger charge is 2.63. The van der Waals surface area contributed by atoms with E-state index in [0.717, 1.165) is 38.5 Å². The van der Waals surface area contributed by atoms with Crippen LogP contribution in [0.25, 0.3) is 0 Å². The molecule has 2 heterocycles. The Bertz CT molecular complexity index is 581. The molecule has 2 fully saturated rings. The summed E-state index contributed by atoms with van der Waals surface area (Å²) in [6.45, 7) is 6.17. The monoisotopic (exact) mass is 380 g/mol. The lowest BCUT2D eigenvalue weighted by atomic mass is 9.70. The molecule has 2 N–H and O–H groups in total. The SMILES string of the molecule is COC(=O)C1([C@@H]2C[C@@H](O)[C@]3(C)CCC=C(C)CCC[C@H](C)[C@H](O)[C@@H]2O3)CC1. The predicted molar refractivity (Wildman–Crippen MR) is 103 cm³/mol. The van der Waals surface area contributed by atoms with Gasteiger partial charge in [0.2, 0.25) is 0 Å². The van der Waals surface area contributed by atoms with Crippen LogP contribution in [0.4, 0.5) is 0 Å². The van der Waals surface area contributed by atoms with Crippen LogP contribution in [0.3, 0.4) is 0 Å². The Hall–Kier alpha value is -0.910. The van der Waals surface area contributed by atoms with Crippen molar-refractivity contribution >= 4 is 5.97 Å². The number of allylic oxidation sites excluding steroid dienone is 2. The topological polar surface area (TPSA) is 76.0 Å². The van der Waals surface area contributed by atoms with Crippen LogP contribution in [0.1, 0.15) is 72.1 Å². The summed E-state index contributed by atoms with van der Waals surface area (Å²) in [4.78, 5) is 12.5. The van der Waals surface area contributed by atoms with Crippen LogP contribution in [-0.4, -0.2) is 47.2 Å². The molecule has 1 saturated heterocycles. The van der Waals surface area contributed by atoms with E-state index in [4.69, 9.17) is 9.47 Å². The molecular formula is C22H36O5. The van der Waals surface area contributed by atoms with Crippen molar-refractivity contribution in [1.82, 2.24) is 0 Å². The molecule has 2 aliphatic heterocycles. The summed E-state index contributed by atoms with van der Waals surface area (Å²) in [7, 11) is 1.42. The number of hydrogen-bond acceptors (Lipinski definition) is 5. The van der Waals surface area contributed by atoms with Gasteiger partial charge in [-0.05, 0) is 71.1 Å². The third-order valence-corrected chi connectivity index (χ3v) is 7.36. The minimum absolute atomic E-state index is 0.0812. The Morgan fingerprint density at radius 2 is 2.00 bits per heavy atom. The van der Waals surface area contributed by atoms with E-state index in [0.29, 0.717) is 12.8 Å². The number of ether oxygens (including phenoxy) is 2. The lowest BCUT2D eigenvalue weighted by Crippen LogP contribution is -2.59. The van der Waals surface area contributed by atoms with Gasteiger partial charge >= 0.3 is 5.97 Å². The normalized spacial score (nSPS) is 42.3.